The molecule has 0 saturated carbocycles. The van der Waals surface area contributed by atoms with Gasteiger partial charge < -0.3 is 15.3 Å². The third kappa shape index (κ3) is 3.44. The summed E-state index contributed by atoms with van der Waals surface area (Å²) in [5.74, 6) is -1.61. The van der Waals surface area contributed by atoms with Gasteiger partial charge in [-0.15, -0.1) is 0 Å². The fraction of sp³-hybridized carbons (Fsp3) is 0.438. The van der Waals surface area contributed by atoms with Crippen LogP contribution in [-0.4, -0.2) is 40.4 Å². The van der Waals surface area contributed by atoms with E-state index < -0.39 is 18.1 Å². The van der Waals surface area contributed by atoms with Gasteiger partial charge in [-0.05, 0) is 18.4 Å². The molecule has 1 aromatic carbocycles. The predicted molar refractivity (Wildman–Crippen MR) is 80.0 cm³/mol. The van der Waals surface area contributed by atoms with E-state index in [9.17, 15) is 19.5 Å². The van der Waals surface area contributed by atoms with Crippen molar-refractivity contribution in [2.75, 3.05) is 6.54 Å². The van der Waals surface area contributed by atoms with E-state index in [4.69, 9.17) is 0 Å². The Morgan fingerprint density at radius 3 is 2.59 bits per heavy atom. The highest BCUT2D eigenvalue weighted by atomic mass is 16.4. The number of rotatable bonds is 5. The van der Waals surface area contributed by atoms with Crippen LogP contribution in [0.3, 0.4) is 0 Å². The number of benzene rings is 1. The highest BCUT2D eigenvalue weighted by molar-refractivity contribution is 5.91. The van der Waals surface area contributed by atoms with Gasteiger partial charge in [0.2, 0.25) is 5.91 Å². The normalized spacial score (nSPS) is 18.8. The average Bonchev–Trinajstić information content (AvgIpc) is 3.02. The summed E-state index contributed by atoms with van der Waals surface area (Å²) >= 11 is 0. The number of nitrogens with one attached hydrogen (secondary N) is 1. The SMILES string of the molecule is CCC(=O)NC(C(=O)N1CCC[C@@H]1C(=O)O)c1ccccc1. The zero-order valence-corrected chi connectivity index (χ0v) is 12.5. The van der Waals surface area contributed by atoms with Crippen molar-refractivity contribution < 1.29 is 19.5 Å². The Hall–Kier alpha value is -2.37. The molecule has 0 bridgehead atoms. The van der Waals surface area contributed by atoms with Gasteiger partial charge in [0.1, 0.15) is 12.1 Å². The van der Waals surface area contributed by atoms with Gasteiger partial charge in [0, 0.05) is 13.0 Å². The maximum Gasteiger partial charge on any atom is 0.326 e. The number of amides is 2. The van der Waals surface area contributed by atoms with Crippen molar-refractivity contribution in [3.05, 3.63) is 35.9 Å². The van der Waals surface area contributed by atoms with Crippen LogP contribution in [0.5, 0.6) is 0 Å². The number of nitrogens with zero attached hydrogens (tertiary/aromatic N) is 1. The lowest BCUT2D eigenvalue weighted by Gasteiger charge is -2.27. The van der Waals surface area contributed by atoms with Crippen LogP contribution in [-0.2, 0) is 14.4 Å². The molecule has 118 valence electrons. The molecule has 2 N–H and O–H groups in total. The lowest BCUT2D eigenvalue weighted by molar-refractivity contribution is -0.149. The fourth-order valence-corrected chi connectivity index (χ4v) is 2.65. The molecule has 1 aliphatic rings. The first-order valence-corrected chi connectivity index (χ1v) is 7.42. The Morgan fingerprint density at radius 2 is 2.00 bits per heavy atom. The molecule has 22 heavy (non-hydrogen) atoms. The minimum atomic E-state index is -1.00. The Bertz CT molecular complexity index is 559. The van der Waals surface area contributed by atoms with Gasteiger partial charge in [0.05, 0.1) is 0 Å². The van der Waals surface area contributed by atoms with Gasteiger partial charge in [0.25, 0.3) is 5.91 Å². The average molecular weight is 304 g/mol. The maximum absolute atomic E-state index is 12.8. The Morgan fingerprint density at radius 1 is 1.32 bits per heavy atom. The smallest absolute Gasteiger partial charge is 0.326 e. The summed E-state index contributed by atoms with van der Waals surface area (Å²) in [6, 6.07) is 7.25. The van der Waals surface area contributed by atoms with E-state index in [-0.39, 0.29) is 18.2 Å². The maximum atomic E-state index is 12.8. The lowest BCUT2D eigenvalue weighted by atomic mass is 10.0. The Balaban J connectivity index is 2.26. The van der Waals surface area contributed by atoms with E-state index in [1.54, 1.807) is 31.2 Å². The van der Waals surface area contributed by atoms with Crippen LogP contribution in [0.2, 0.25) is 0 Å². The molecule has 1 fully saturated rings. The number of carbonyl (C=O) groups excluding carboxylic acids is 2. The van der Waals surface area contributed by atoms with Crippen molar-refractivity contribution >= 4 is 17.8 Å². The molecule has 1 aliphatic heterocycles. The highest BCUT2D eigenvalue weighted by Gasteiger charge is 2.37. The Labute approximate surface area is 129 Å². The van der Waals surface area contributed by atoms with Crippen LogP contribution >= 0.6 is 0 Å². The Kier molecular flexibility index (Phi) is 5.14. The van der Waals surface area contributed by atoms with Crippen LogP contribution in [0.25, 0.3) is 0 Å². The first-order chi connectivity index (χ1) is 10.5. The zero-order chi connectivity index (χ0) is 16.1. The van der Waals surface area contributed by atoms with Crippen LogP contribution < -0.4 is 5.32 Å². The van der Waals surface area contributed by atoms with Crippen LogP contribution in [0.4, 0.5) is 0 Å². The summed E-state index contributed by atoms with van der Waals surface area (Å²) < 4.78 is 0. The van der Waals surface area contributed by atoms with Gasteiger partial charge in [0.15, 0.2) is 0 Å². The summed E-state index contributed by atoms with van der Waals surface area (Å²) in [7, 11) is 0. The number of likely N-dealkylation sites (tertiary alicyclic amines) is 1. The number of carboxylic acid groups (broad SMARTS) is 1. The van der Waals surface area contributed by atoms with E-state index in [0.29, 0.717) is 24.9 Å². The summed E-state index contributed by atoms with van der Waals surface area (Å²) in [6.45, 7) is 2.11. The van der Waals surface area contributed by atoms with Crippen molar-refractivity contribution in [1.82, 2.24) is 10.2 Å². The second-order valence-electron chi connectivity index (χ2n) is 5.29. The first-order valence-electron chi connectivity index (χ1n) is 7.42. The molecule has 1 aromatic rings. The van der Waals surface area contributed by atoms with Crippen LogP contribution in [0, 0.1) is 0 Å². The molecule has 0 aliphatic carbocycles. The number of hydrogen-bond acceptors (Lipinski definition) is 3. The first kappa shape index (κ1) is 16.0. The van der Waals surface area contributed by atoms with E-state index >= 15 is 0 Å². The number of hydrogen-bond donors (Lipinski definition) is 2. The van der Waals surface area contributed by atoms with Crippen molar-refractivity contribution in [2.45, 2.75) is 38.3 Å². The predicted octanol–water partition coefficient (Wildman–Crippen LogP) is 1.33. The minimum absolute atomic E-state index is 0.242. The topological polar surface area (TPSA) is 86.7 Å². The highest BCUT2D eigenvalue weighted by Crippen LogP contribution is 2.23. The lowest BCUT2D eigenvalue weighted by Crippen LogP contribution is -2.47. The number of carbonyl (C=O) groups is 3. The van der Waals surface area contributed by atoms with Gasteiger partial charge in [-0.1, -0.05) is 37.3 Å². The standard InChI is InChI=1S/C16H20N2O4/c1-2-13(19)17-14(11-7-4-3-5-8-11)15(20)18-10-6-9-12(18)16(21)22/h3-5,7-8,12,14H,2,6,9-10H2,1H3,(H,17,19)(H,21,22)/t12-,14?/m1/s1. The molecule has 6 heteroatoms. The molecular weight excluding hydrogens is 284 g/mol. The summed E-state index contributed by atoms with van der Waals surface area (Å²) in [5, 5.41) is 11.9. The van der Waals surface area contributed by atoms with E-state index in [1.807, 2.05) is 6.07 Å². The molecular formula is C16H20N2O4. The molecule has 1 heterocycles. The van der Waals surface area contributed by atoms with Crippen LogP contribution in [0.15, 0.2) is 30.3 Å². The van der Waals surface area contributed by atoms with Crippen LogP contribution in [0.1, 0.15) is 37.8 Å². The molecule has 1 unspecified atom stereocenters. The van der Waals surface area contributed by atoms with Crippen molar-refractivity contribution in [2.24, 2.45) is 0 Å². The molecule has 0 radical (unpaired) electrons. The quantitative estimate of drug-likeness (QED) is 0.859. The molecule has 0 aromatic heterocycles. The second-order valence-corrected chi connectivity index (χ2v) is 5.29. The fourth-order valence-electron chi connectivity index (χ4n) is 2.65. The molecule has 2 amide bonds. The number of aliphatic carboxylic acids is 1. The molecule has 1 saturated heterocycles. The van der Waals surface area contributed by atoms with E-state index in [2.05, 4.69) is 5.32 Å². The minimum Gasteiger partial charge on any atom is -0.480 e. The molecule has 6 nitrogen and oxygen atoms in total. The molecule has 0 spiro atoms. The van der Waals surface area contributed by atoms with Crippen molar-refractivity contribution in [3.8, 4) is 0 Å². The third-order valence-corrected chi connectivity index (χ3v) is 3.83. The summed E-state index contributed by atoms with van der Waals surface area (Å²) in [6.07, 6.45) is 1.37. The van der Waals surface area contributed by atoms with E-state index in [0.717, 1.165) is 0 Å². The summed E-state index contributed by atoms with van der Waals surface area (Å²) in [4.78, 5) is 37.1. The number of carboxylic acids is 1. The van der Waals surface area contributed by atoms with Gasteiger partial charge in [-0.3, -0.25) is 9.59 Å². The zero-order valence-electron chi connectivity index (χ0n) is 12.5. The summed E-state index contributed by atoms with van der Waals surface area (Å²) in [5.41, 5.74) is 0.658. The van der Waals surface area contributed by atoms with Crippen molar-refractivity contribution in [3.63, 3.8) is 0 Å². The third-order valence-electron chi connectivity index (χ3n) is 3.83. The largest absolute Gasteiger partial charge is 0.480 e. The molecule has 2 atom stereocenters. The van der Waals surface area contributed by atoms with E-state index in [1.165, 1.54) is 4.90 Å². The monoisotopic (exact) mass is 304 g/mol. The van der Waals surface area contributed by atoms with Crippen molar-refractivity contribution in [1.29, 1.82) is 0 Å². The van der Waals surface area contributed by atoms with Gasteiger partial charge in [-0.25, -0.2) is 4.79 Å². The second kappa shape index (κ2) is 7.06. The molecule has 2 rings (SSSR count). The van der Waals surface area contributed by atoms with Gasteiger partial charge in [-0.2, -0.15) is 0 Å². The van der Waals surface area contributed by atoms with Gasteiger partial charge >= 0.3 is 5.97 Å².